The van der Waals surface area contributed by atoms with E-state index in [0.29, 0.717) is 11.9 Å². The molecule has 1 aliphatic heterocycles. The highest BCUT2D eigenvalue weighted by atomic mass is 32.1. The van der Waals surface area contributed by atoms with Crippen molar-refractivity contribution in [3.8, 4) is 10.8 Å². The van der Waals surface area contributed by atoms with Gasteiger partial charge in [-0.3, -0.25) is 0 Å². The third kappa shape index (κ3) is 2.84. The van der Waals surface area contributed by atoms with Crippen molar-refractivity contribution < 1.29 is 4.52 Å². The van der Waals surface area contributed by atoms with Crippen LogP contribution in [0.25, 0.3) is 10.8 Å². The Hall–Kier alpha value is -1.44. The van der Waals surface area contributed by atoms with E-state index in [0.717, 1.165) is 41.8 Å². The number of nitrogens with zero attached hydrogens (tertiary/aromatic N) is 4. The van der Waals surface area contributed by atoms with Crippen molar-refractivity contribution in [2.24, 2.45) is 0 Å². The standard InChI is InChI=1S/C13H19N5OS/c1-17-5-6-18(2)9(8-17)7-12-15-13(19-16-12)10-3-4-11(14)20-10/h3-4,9H,5-8,14H2,1-2H3. The molecule has 1 fully saturated rings. The number of hydrogen-bond donors (Lipinski definition) is 1. The minimum Gasteiger partial charge on any atom is -0.391 e. The molecule has 0 aliphatic carbocycles. The highest BCUT2D eigenvalue weighted by Crippen LogP contribution is 2.28. The summed E-state index contributed by atoms with van der Waals surface area (Å²) in [5.74, 6) is 1.33. The first-order valence-electron chi connectivity index (χ1n) is 6.69. The molecule has 0 amide bonds. The van der Waals surface area contributed by atoms with Crippen molar-refractivity contribution in [1.82, 2.24) is 19.9 Å². The Morgan fingerprint density at radius 1 is 1.40 bits per heavy atom. The fraction of sp³-hybridized carbons (Fsp3) is 0.538. The molecule has 0 aromatic carbocycles. The van der Waals surface area contributed by atoms with E-state index >= 15 is 0 Å². The average Bonchev–Trinajstić information content (AvgIpc) is 3.03. The van der Waals surface area contributed by atoms with E-state index in [1.807, 2.05) is 12.1 Å². The van der Waals surface area contributed by atoms with E-state index < -0.39 is 0 Å². The monoisotopic (exact) mass is 293 g/mol. The van der Waals surface area contributed by atoms with Gasteiger partial charge in [-0.1, -0.05) is 5.16 Å². The Morgan fingerprint density at radius 2 is 2.25 bits per heavy atom. The zero-order valence-corrected chi connectivity index (χ0v) is 12.6. The van der Waals surface area contributed by atoms with Crippen LogP contribution in [0.5, 0.6) is 0 Å². The van der Waals surface area contributed by atoms with Crippen LogP contribution >= 0.6 is 11.3 Å². The van der Waals surface area contributed by atoms with Gasteiger partial charge in [0, 0.05) is 32.1 Å². The molecule has 0 bridgehead atoms. The first-order valence-corrected chi connectivity index (χ1v) is 7.50. The molecule has 2 aromatic heterocycles. The second-order valence-corrected chi connectivity index (χ2v) is 6.43. The molecule has 3 heterocycles. The summed E-state index contributed by atoms with van der Waals surface area (Å²) in [7, 11) is 4.30. The van der Waals surface area contributed by atoms with Crippen LogP contribution in [0.15, 0.2) is 16.7 Å². The van der Waals surface area contributed by atoms with Gasteiger partial charge in [-0.05, 0) is 26.2 Å². The highest BCUT2D eigenvalue weighted by Gasteiger charge is 2.24. The van der Waals surface area contributed by atoms with E-state index in [2.05, 4.69) is 34.0 Å². The number of likely N-dealkylation sites (N-methyl/N-ethyl adjacent to an activating group) is 2. The second kappa shape index (κ2) is 5.51. The van der Waals surface area contributed by atoms with Crippen LogP contribution in [-0.2, 0) is 6.42 Å². The normalized spacial score (nSPS) is 21.4. The lowest BCUT2D eigenvalue weighted by atomic mass is 10.1. The van der Waals surface area contributed by atoms with Crippen LogP contribution in [0, 0.1) is 0 Å². The number of anilines is 1. The third-order valence-electron chi connectivity index (χ3n) is 3.70. The predicted octanol–water partition coefficient (Wildman–Crippen LogP) is 1.17. The van der Waals surface area contributed by atoms with Crippen molar-refractivity contribution in [3.05, 3.63) is 18.0 Å². The molecule has 2 N–H and O–H groups in total. The van der Waals surface area contributed by atoms with Crippen LogP contribution in [-0.4, -0.2) is 59.7 Å². The predicted molar refractivity (Wildman–Crippen MR) is 79.6 cm³/mol. The Morgan fingerprint density at radius 3 is 3.00 bits per heavy atom. The first-order chi connectivity index (χ1) is 9.61. The van der Waals surface area contributed by atoms with Gasteiger partial charge in [0.05, 0.1) is 9.88 Å². The fourth-order valence-corrected chi connectivity index (χ4v) is 3.13. The summed E-state index contributed by atoms with van der Waals surface area (Å²) in [6.45, 7) is 3.22. The number of aromatic nitrogens is 2. The van der Waals surface area contributed by atoms with Gasteiger partial charge in [-0.2, -0.15) is 4.98 Å². The van der Waals surface area contributed by atoms with E-state index in [4.69, 9.17) is 10.3 Å². The molecule has 0 radical (unpaired) electrons. The molecule has 1 unspecified atom stereocenters. The lowest BCUT2D eigenvalue weighted by molar-refractivity contribution is 0.113. The molecule has 1 saturated heterocycles. The van der Waals surface area contributed by atoms with Crippen LogP contribution in [0.1, 0.15) is 5.82 Å². The van der Waals surface area contributed by atoms with Gasteiger partial charge in [0.2, 0.25) is 0 Å². The smallest absolute Gasteiger partial charge is 0.268 e. The molecular formula is C13H19N5OS. The highest BCUT2D eigenvalue weighted by molar-refractivity contribution is 7.19. The zero-order valence-electron chi connectivity index (χ0n) is 11.7. The molecule has 7 heteroatoms. The maximum absolute atomic E-state index is 5.72. The summed E-state index contributed by atoms with van der Waals surface area (Å²) >= 11 is 1.46. The summed E-state index contributed by atoms with van der Waals surface area (Å²) in [4.78, 5) is 10.1. The number of nitrogen functional groups attached to an aromatic ring is 1. The van der Waals surface area contributed by atoms with Crippen LogP contribution in [0.3, 0.4) is 0 Å². The van der Waals surface area contributed by atoms with Gasteiger partial charge in [0.25, 0.3) is 5.89 Å². The maximum atomic E-state index is 5.72. The first kappa shape index (κ1) is 13.5. The van der Waals surface area contributed by atoms with Crippen LogP contribution in [0.4, 0.5) is 5.00 Å². The summed E-state index contributed by atoms with van der Waals surface area (Å²) in [5.41, 5.74) is 5.72. The van der Waals surface area contributed by atoms with Gasteiger partial charge >= 0.3 is 0 Å². The number of nitrogens with two attached hydrogens (primary N) is 1. The van der Waals surface area contributed by atoms with Gasteiger partial charge < -0.3 is 20.1 Å². The fourth-order valence-electron chi connectivity index (χ4n) is 2.44. The number of piperazine rings is 1. The second-order valence-electron chi connectivity index (χ2n) is 5.32. The van der Waals surface area contributed by atoms with Crippen LogP contribution in [0.2, 0.25) is 0 Å². The van der Waals surface area contributed by atoms with Gasteiger partial charge in [0.15, 0.2) is 5.82 Å². The minimum atomic E-state index is 0.438. The minimum absolute atomic E-state index is 0.438. The molecule has 6 nitrogen and oxygen atoms in total. The Balaban J connectivity index is 1.70. The summed E-state index contributed by atoms with van der Waals surface area (Å²) in [6.07, 6.45) is 0.811. The summed E-state index contributed by atoms with van der Waals surface area (Å²) < 4.78 is 5.33. The topological polar surface area (TPSA) is 71.4 Å². The molecule has 0 spiro atoms. The quantitative estimate of drug-likeness (QED) is 0.916. The number of hydrogen-bond acceptors (Lipinski definition) is 7. The van der Waals surface area contributed by atoms with E-state index in [1.54, 1.807) is 0 Å². The lowest BCUT2D eigenvalue weighted by Crippen LogP contribution is -2.50. The molecule has 20 heavy (non-hydrogen) atoms. The van der Waals surface area contributed by atoms with Crippen LogP contribution < -0.4 is 5.73 Å². The molecule has 2 aromatic rings. The molecular weight excluding hydrogens is 274 g/mol. The Labute approximate surface area is 122 Å². The summed E-state index contributed by atoms with van der Waals surface area (Å²) in [5, 5.41) is 4.85. The third-order valence-corrected chi connectivity index (χ3v) is 4.61. The van der Waals surface area contributed by atoms with Gasteiger partial charge in [-0.15, -0.1) is 11.3 Å². The Bertz CT molecular complexity index is 581. The number of rotatable bonds is 3. The van der Waals surface area contributed by atoms with Crippen molar-refractivity contribution in [2.75, 3.05) is 39.5 Å². The lowest BCUT2D eigenvalue weighted by Gasteiger charge is -2.37. The Kier molecular flexibility index (Phi) is 3.73. The zero-order chi connectivity index (χ0) is 14.1. The van der Waals surface area contributed by atoms with Crippen molar-refractivity contribution in [3.63, 3.8) is 0 Å². The van der Waals surface area contributed by atoms with Gasteiger partial charge in [0.1, 0.15) is 0 Å². The van der Waals surface area contributed by atoms with Gasteiger partial charge in [-0.25, -0.2) is 0 Å². The SMILES string of the molecule is CN1CCN(C)C(Cc2noc(-c3ccc(N)s3)n2)C1. The average molecular weight is 293 g/mol. The maximum Gasteiger partial charge on any atom is 0.268 e. The molecule has 1 aliphatic rings. The van der Waals surface area contributed by atoms with E-state index in [9.17, 15) is 0 Å². The van der Waals surface area contributed by atoms with Crippen molar-refractivity contribution in [2.45, 2.75) is 12.5 Å². The molecule has 0 saturated carbocycles. The molecule has 3 rings (SSSR count). The summed E-state index contributed by atoms with van der Waals surface area (Å²) in [6, 6.07) is 4.21. The molecule has 1 atom stereocenters. The van der Waals surface area contributed by atoms with Crippen molar-refractivity contribution in [1.29, 1.82) is 0 Å². The molecule has 108 valence electrons. The largest absolute Gasteiger partial charge is 0.391 e. The van der Waals surface area contributed by atoms with Crippen molar-refractivity contribution >= 4 is 16.3 Å². The number of thiophene rings is 1. The van der Waals surface area contributed by atoms with E-state index in [-0.39, 0.29) is 0 Å². The van der Waals surface area contributed by atoms with E-state index in [1.165, 1.54) is 11.3 Å².